The standard InChI is InChI=1S/C35H24N2/c1-36-33-21-24-11-6-5-10-23(24)20-31(33)30-16-9-15-27(35(30)36)25-18-19-29-28-14-7-8-17-32(28)37(34(29)22-25)26-12-3-2-4-13-26/h2-22H,1H3. The van der Waals surface area contributed by atoms with Crippen molar-refractivity contribution in [2.45, 2.75) is 0 Å². The summed E-state index contributed by atoms with van der Waals surface area (Å²) in [4.78, 5) is 0. The summed E-state index contributed by atoms with van der Waals surface area (Å²) in [5.74, 6) is 0. The van der Waals surface area contributed by atoms with E-state index in [9.17, 15) is 0 Å². The zero-order valence-corrected chi connectivity index (χ0v) is 20.5. The van der Waals surface area contributed by atoms with Crippen LogP contribution in [0.3, 0.4) is 0 Å². The maximum absolute atomic E-state index is 2.39. The van der Waals surface area contributed by atoms with Crippen molar-refractivity contribution in [2.24, 2.45) is 7.05 Å². The van der Waals surface area contributed by atoms with E-state index in [2.05, 4.69) is 144 Å². The van der Waals surface area contributed by atoms with Gasteiger partial charge in [-0.2, -0.15) is 0 Å². The molecule has 0 saturated heterocycles. The van der Waals surface area contributed by atoms with Crippen LogP contribution in [-0.4, -0.2) is 9.13 Å². The van der Waals surface area contributed by atoms with E-state index < -0.39 is 0 Å². The Labute approximate surface area is 214 Å². The maximum Gasteiger partial charge on any atom is 0.0568 e. The molecule has 0 aliphatic rings. The highest BCUT2D eigenvalue weighted by atomic mass is 15.0. The molecular weight excluding hydrogens is 448 g/mol. The maximum atomic E-state index is 2.39. The van der Waals surface area contributed by atoms with Crippen molar-refractivity contribution in [3.8, 4) is 16.8 Å². The first-order valence-corrected chi connectivity index (χ1v) is 12.8. The number of hydrogen-bond donors (Lipinski definition) is 0. The Balaban J connectivity index is 1.45. The molecule has 0 bridgehead atoms. The van der Waals surface area contributed by atoms with Crippen molar-refractivity contribution in [1.82, 2.24) is 9.13 Å². The third kappa shape index (κ3) is 2.87. The van der Waals surface area contributed by atoms with Crippen molar-refractivity contribution in [2.75, 3.05) is 0 Å². The van der Waals surface area contributed by atoms with Gasteiger partial charge < -0.3 is 9.13 Å². The zero-order valence-electron chi connectivity index (χ0n) is 20.5. The normalized spacial score (nSPS) is 11.9. The van der Waals surface area contributed by atoms with E-state index in [-0.39, 0.29) is 0 Å². The van der Waals surface area contributed by atoms with Gasteiger partial charge in [-0.05, 0) is 52.7 Å². The van der Waals surface area contributed by atoms with E-state index in [1.165, 1.54) is 71.2 Å². The molecule has 2 heteroatoms. The molecule has 174 valence electrons. The Morgan fingerprint density at radius 3 is 2.03 bits per heavy atom. The molecule has 0 atom stereocenters. The average molecular weight is 473 g/mol. The fourth-order valence-corrected chi connectivity index (χ4v) is 6.19. The molecule has 0 aliphatic heterocycles. The number of aromatic nitrogens is 2. The Hall–Kier alpha value is -4.82. The molecule has 0 fully saturated rings. The number of aryl methyl sites for hydroxylation is 1. The van der Waals surface area contributed by atoms with Crippen LogP contribution < -0.4 is 0 Å². The van der Waals surface area contributed by atoms with Crippen LogP contribution in [0.2, 0.25) is 0 Å². The van der Waals surface area contributed by atoms with Crippen LogP contribution in [0.25, 0.3) is 71.2 Å². The van der Waals surface area contributed by atoms with Crippen molar-refractivity contribution < 1.29 is 0 Å². The van der Waals surface area contributed by atoms with Crippen molar-refractivity contribution in [1.29, 1.82) is 0 Å². The van der Waals surface area contributed by atoms with E-state index in [0.29, 0.717) is 0 Å². The number of hydrogen-bond acceptors (Lipinski definition) is 0. The van der Waals surface area contributed by atoms with E-state index in [4.69, 9.17) is 0 Å². The number of para-hydroxylation sites is 3. The van der Waals surface area contributed by atoms with Crippen LogP contribution in [-0.2, 0) is 7.05 Å². The zero-order chi connectivity index (χ0) is 24.5. The van der Waals surface area contributed by atoms with Gasteiger partial charge >= 0.3 is 0 Å². The second-order valence-electron chi connectivity index (χ2n) is 9.90. The topological polar surface area (TPSA) is 9.86 Å². The summed E-state index contributed by atoms with van der Waals surface area (Å²) in [5, 5.41) is 7.71. The van der Waals surface area contributed by atoms with Crippen LogP contribution >= 0.6 is 0 Å². The molecule has 0 amide bonds. The summed E-state index contributed by atoms with van der Waals surface area (Å²) in [6.07, 6.45) is 0. The number of nitrogens with zero attached hydrogens (tertiary/aromatic N) is 2. The van der Waals surface area contributed by atoms with Crippen molar-refractivity contribution in [3.05, 3.63) is 127 Å². The monoisotopic (exact) mass is 472 g/mol. The Morgan fingerprint density at radius 2 is 1.16 bits per heavy atom. The van der Waals surface area contributed by atoms with E-state index >= 15 is 0 Å². The highest BCUT2D eigenvalue weighted by Gasteiger charge is 2.17. The lowest BCUT2D eigenvalue weighted by molar-refractivity contribution is 1.02. The molecule has 2 heterocycles. The Bertz CT molecular complexity index is 2140. The van der Waals surface area contributed by atoms with Gasteiger partial charge in [0.1, 0.15) is 0 Å². The Morgan fingerprint density at radius 1 is 0.459 bits per heavy atom. The van der Waals surface area contributed by atoms with E-state index in [1.54, 1.807) is 0 Å². The van der Waals surface area contributed by atoms with Gasteiger partial charge in [0.2, 0.25) is 0 Å². The van der Waals surface area contributed by atoms with E-state index in [1.807, 2.05) is 0 Å². The molecule has 8 rings (SSSR count). The first-order valence-electron chi connectivity index (χ1n) is 12.8. The minimum absolute atomic E-state index is 1.18. The van der Waals surface area contributed by atoms with Crippen LogP contribution in [0.4, 0.5) is 0 Å². The fraction of sp³-hybridized carbons (Fsp3) is 0.0286. The first kappa shape index (κ1) is 20.4. The summed E-state index contributed by atoms with van der Waals surface area (Å²) in [7, 11) is 2.20. The Kier molecular flexibility index (Phi) is 4.18. The predicted octanol–water partition coefficient (Wildman–Crippen LogP) is 9.25. The summed E-state index contributed by atoms with van der Waals surface area (Å²) < 4.78 is 4.76. The van der Waals surface area contributed by atoms with Gasteiger partial charge in [-0.3, -0.25) is 0 Å². The SMILES string of the molecule is Cn1c2cc3ccccc3cc2c2cccc(-c3ccc4c5ccccc5n(-c5ccccc5)c4c3)c21. The lowest BCUT2D eigenvalue weighted by Crippen LogP contribution is -1.94. The summed E-state index contributed by atoms with van der Waals surface area (Å²) in [6.45, 7) is 0. The van der Waals surface area contributed by atoms with Gasteiger partial charge in [-0.25, -0.2) is 0 Å². The van der Waals surface area contributed by atoms with Crippen molar-refractivity contribution in [3.63, 3.8) is 0 Å². The lowest BCUT2D eigenvalue weighted by atomic mass is 10.00. The highest BCUT2D eigenvalue weighted by molar-refractivity contribution is 6.17. The first-order chi connectivity index (χ1) is 18.3. The smallest absolute Gasteiger partial charge is 0.0568 e. The molecule has 37 heavy (non-hydrogen) atoms. The fourth-order valence-electron chi connectivity index (χ4n) is 6.19. The van der Waals surface area contributed by atoms with E-state index in [0.717, 1.165) is 0 Å². The molecule has 0 N–H and O–H groups in total. The molecule has 2 nitrogen and oxygen atoms in total. The van der Waals surface area contributed by atoms with Crippen molar-refractivity contribution >= 4 is 54.4 Å². The van der Waals surface area contributed by atoms with Gasteiger partial charge in [0.25, 0.3) is 0 Å². The minimum atomic E-state index is 1.18. The van der Waals surface area contributed by atoms with Crippen LogP contribution in [0.5, 0.6) is 0 Å². The number of rotatable bonds is 2. The molecule has 0 unspecified atom stereocenters. The summed E-state index contributed by atoms with van der Waals surface area (Å²) in [6, 6.07) is 46.3. The van der Waals surface area contributed by atoms with Gasteiger partial charge in [-0.15, -0.1) is 0 Å². The third-order valence-corrected chi connectivity index (χ3v) is 7.89. The predicted molar refractivity (Wildman–Crippen MR) is 158 cm³/mol. The second-order valence-corrected chi connectivity index (χ2v) is 9.90. The molecular formula is C35H24N2. The summed E-state index contributed by atoms with van der Waals surface area (Å²) >= 11 is 0. The number of benzene rings is 6. The molecule has 2 aromatic heterocycles. The largest absolute Gasteiger partial charge is 0.343 e. The van der Waals surface area contributed by atoms with Crippen LogP contribution in [0.15, 0.2) is 127 Å². The third-order valence-electron chi connectivity index (χ3n) is 7.89. The highest BCUT2D eigenvalue weighted by Crippen LogP contribution is 2.39. The molecule has 0 saturated carbocycles. The molecule has 0 aliphatic carbocycles. The second kappa shape index (κ2) is 7.59. The quantitative estimate of drug-likeness (QED) is 0.237. The molecule has 8 aromatic rings. The van der Waals surface area contributed by atoms with Gasteiger partial charge in [0.05, 0.1) is 16.6 Å². The van der Waals surface area contributed by atoms with Gasteiger partial charge in [0.15, 0.2) is 0 Å². The lowest BCUT2D eigenvalue weighted by Gasteiger charge is -2.10. The summed E-state index contributed by atoms with van der Waals surface area (Å²) in [5.41, 5.74) is 8.66. The van der Waals surface area contributed by atoms with Gasteiger partial charge in [0, 0.05) is 45.4 Å². The molecule has 0 radical (unpaired) electrons. The molecule has 0 spiro atoms. The minimum Gasteiger partial charge on any atom is -0.343 e. The van der Waals surface area contributed by atoms with Crippen LogP contribution in [0, 0.1) is 0 Å². The van der Waals surface area contributed by atoms with Gasteiger partial charge in [-0.1, -0.05) is 91.0 Å². The number of fused-ring (bicyclic) bond motifs is 7. The van der Waals surface area contributed by atoms with Crippen LogP contribution in [0.1, 0.15) is 0 Å². The average Bonchev–Trinajstić information content (AvgIpc) is 3.44. The molecule has 6 aromatic carbocycles.